The Labute approximate surface area is 294 Å². The van der Waals surface area contributed by atoms with Crippen LogP contribution in [0.1, 0.15) is 101 Å². The number of aliphatic hydroxyl groups is 1. The number of fused-ring (bicyclic) bond motifs is 5. The minimum atomic E-state index is -2.62. The smallest absolute Gasteiger partial charge is 0.261 e. The molecule has 48 heavy (non-hydrogen) atoms. The van der Waals surface area contributed by atoms with Gasteiger partial charge in [-0.05, 0) is 113 Å². The number of hydrogen-bond acceptors (Lipinski definition) is 3. The van der Waals surface area contributed by atoms with Crippen LogP contribution in [0.5, 0.6) is 0 Å². The summed E-state index contributed by atoms with van der Waals surface area (Å²) >= 11 is 0. The van der Waals surface area contributed by atoms with Crippen LogP contribution in [0, 0.1) is 28.6 Å². The van der Waals surface area contributed by atoms with Gasteiger partial charge in [-0.15, -0.1) is 0 Å². The summed E-state index contributed by atoms with van der Waals surface area (Å²) < 4.78 is 15.1. The van der Waals surface area contributed by atoms with Crippen molar-refractivity contribution < 1.29 is 14.0 Å². The molecule has 8 atom stereocenters. The summed E-state index contributed by atoms with van der Waals surface area (Å²) in [5.41, 5.74) is 3.09. The maximum absolute atomic E-state index is 12.0. The van der Waals surface area contributed by atoms with E-state index in [1.165, 1.54) is 28.8 Å². The highest BCUT2D eigenvalue weighted by Gasteiger charge is 2.64. The molecule has 3 fully saturated rings. The molecule has 3 saturated carbocycles. The van der Waals surface area contributed by atoms with Crippen molar-refractivity contribution in [2.24, 2.45) is 28.6 Å². The number of benzene rings is 2. The summed E-state index contributed by atoms with van der Waals surface area (Å²) in [4.78, 5) is 0. The molecule has 0 aliphatic heterocycles. The van der Waals surface area contributed by atoms with Gasteiger partial charge in [-0.2, -0.15) is 0 Å². The van der Waals surface area contributed by atoms with Gasteiger partial charge in [0.25, 0.3) is 8.32 Å². The van der Waals surface area contributed by atoms with Gasteiger partial charge >= 0.3 is 0 Å². The summed E-state index contributed by atoms with van der Waals surface area (Å²) in [7, 11) is -4.52. The molecule has 4 aliphatic rings. The van der Waals surface area contributed by atoms with Gasteiger partial charge in [0.2, 0.25) is 0 Å². The van der Waals surface area contributed by atoms with Crippen LogP contribution in [0.25, 0.3) is 0 Å². The molecule has 2 aromatic carbocycles. The van der Waals surface area contributed by atoms with Crippen LogP contribution in [0.4, 0.5) is 0 Å². The minimum Gasteiger partial charge on any atom is -0.411 e. The molecule has 6 rings (SSSR count). The molecule has 0 aromatic heterocycles. The summed E-state index contributed by atoms with van der Waals surface area (Å²) in [5, 5.41) is 14.7. The van der Waals surface area contributed by atoms with E-state index in [-0.39, 0.29) is 28.1 Å². The molecule has 0 heterocycles. The van der Waals surface area contributed by atoms with Crippen LogP contribution in [-0.4, -0.2) is 40.1 Å². The SMILES string of the molecule is C/C=C1/[C@H](O)[C@@H](O[Si](CC)(CC)CC)[C@H]2[C@@H]3CC=C4C[C@@H](O[Si](c5ccccc5)(c5ccccc5)C(C)(C)C)CC[C@]4(C)[C@H]3CC[C@]12C. The van der Waals surface area contributed by atoms with Crippen molar-refractivity contribution in [1.29, 1.82) is 0 Å². The predicted molar refractivity (Wildman–Crippen MR) is 207 cm³/mol. The van der Waals surface area contributed by atoms with Crippen molar-refractivity contribution in [2.75, 3.05) is 0 Å². The highest BCUT2D eigenvalue weighted by Crippen LogP contribution is 2.67. The molecule has 0 radical (unpaired) electrons. The first-order valence-electron chi connectivity index (χ1n) is 19.3. The zero-order chi connectivity index (χ0) is 34.5. The lowest BCUT2D eigenvalue weighted by molar-refractivity contribution is -0.0697. The maximum Gasteiger partial charge on any atom is 0.261 e. The summed E-state index contributed by atoms with van der Waals surface area (Å²) in [5.74, 6) is 1.54. The molecular weight excluding hydrogens is 621 g/mol. The van der Waals surface area contributed by atoms with Crippen molar-refractivity contribution in [2.45, 2.75) is 142 Å². The van der Waals surface area contributed by atoms with E-state index in [4.69, 9.17) is 8.85 Å². The average molecular weight is 685 g/mol. The highest BCUT2D eigenvalue weighted by atomic mass is 28.4. The number of aliphatic hydroxyl groups excluding tert-OH is 1. The Bertz CT molecular complexity index is 1430. The van der Waals surface area contributed by atoms with E-state index in [1.807, 2.05) is 0 Å². The Morgan fingerprint density at radius 1 is 0.833 bits per heavy atom. The molecule has 5 heteroatoms. The number of rotatable bonds is 9. The molecule has 1 N–H and O–H groups in total. The van der Waals surface area contributed by atoms with Gasteiger partial charge in [-0.3, -0.25) is 0 Å². The zero-order valence-electron chi connectivity index (χ0n) is 31.5. The standard InChI is InChI=1S/C43H64O3Si2/c1-10-36-39(44)40(46-47(11-2,12-3)13-4)38-35-25-24-31-30-32(26-28-42(31,8)37(35)27-29-43(36,38)9)45-48(41(5,6)7,33-20-16-14-17-21-33)34-22-18-15-19-23-34/h10,14-24,32,35,37-40,44H,11-13,25-30H2,1-9H3/b36-10-/t32-,35+,37-,38+,39-,40-,42-,43+/m0/s1. The Hall–Kier alpha value is -1.77. The minimum absolute atomic E-state index is 0.0145. The molecule has 0 bridgehead atoms. The second kappa shape index (κ2) is 13.4. The maximum atomic E-state index is 12.0. The molecule has 2 aromatic rings. The quantitative estimate of drug-likeness (QED) is 0.211. The molecular formula is C43H64O3Si2. The Morgan fingerprint density at radius 3 is 1.92 bits per heavy atom. The van der Waals surface area contributed by atoms with E-state index in [2.05, 4.69) is 135 Å². The van der Waals surface area contributed by atoms with Gasteiger partial charge < -0.3 is 14.0 Å². The molecule has 0 unspecified atom stereocenters. The number of allylic oxidation sites excluding steroid dienone is 2. The van der Waals surface area contributed by atoms with Crippen molar-refractivity contribution in [3.05, 3.63) is 84.0 Å². The first-order valence-corrected chi connectivity index (χ1v) is 23.8. The Kier molecular flexibility index (Phi) is 10.1. The van der Waals surface area contributed by atoms with E-state index < -0.39 is 22.7 Å². The Balaban J connectivity index is 1.33. The highest BCUT2D eigenvalue weighted by molar-refractivity contribution is 6.99. The van der Waals surface area contributed by atoms with Crippen LogP contribution >= 0.6 is 0 Å². The molecule has 4 aliphatic carbocycles. The van der Waals surface area contributed by atoms with Gasteiger partial charge in [-0.25, -0.2) is 0 Å². The van der Waals surface area contributed by atoms with Crippen molar-refractivity contribution in [3.8, 4) is 0 Å². The monoisotopic (exact) mass is 684 g/mol. The molecule has 0 spiro atoms. The van der Waals surface area contributed by atoms with E-state index in [9.17, 15) is 5.11 Å². The summed E-state index contributed by atoms with van der Waals surface area (Å²) in [6.45, 7) is 21.4. The average Bonchev–Trinajstić information content (AvgIpc) is 3.30. The van der Waals surface area contributed by atoms with Crippen LogP contribution in [0.3, 0.4) is 0 Å². The van der Waals surface area contributed by atoms with Gasteiger partial charge in [0.15, 0.2) is 8.32 Å². The molecule has 0 saturated heterocycles. The fourth-order valence-corrected chi connectivity index (χ4v) is 19.1. The number of hydrogen-bond donors (Lipinski definition) is 1. The normalized spacial score (nSPS) is 34.7. The largest absolute Gasteiger partial charge is 0.411 e. The van der Waals surface area contributed by atoms with Crippen molar-refractivity contribution in [3.63, 3.8) is 0 Å². The lowest BCUT2D eigenvalue weighted by atomic mass is 9.47. The second-order valence-corrected chi connectivity index (χ2v) is 26.3. The van der Waals surface area contributed by atoms with Crippen molar-refractivity contribution in [1.82, 2.24) is 0 Å². The fraction of sp³-hybridized carbons (Fsp3) is 0.628. The summed E-state index contributed by atoms with van der Waals surface area (Å²) in [6.07, 6.45) is 11.4. The van der Waals surface area contributed by atoms with Gasteiger partial charge in [0, 0.05) is 6.10 Å². The first kappa shape index (κ1) is 36.0. The fourth-order valence-electron chi connectivity index (χ4n) is 11.5. The van der Waals surface area contributed by atoms with E-state index >= 15 is 0 Å². The predicted octanol–water partition coefficient (Wildman–Crippen LogP) is 9.81. The van der Waals surface area contributed by atoms with Crippen LogP contribution in [0.15, 0.2) is 84.0 Å². The molecule has 3 nitrogen and oxygen atoms in total. The third kappa shape index (κ3) is 5.63. The first-order chi connectivity index (χ1) is 22.8. The molecule has 262 valence electrons. The van der Waals surface area contributed by atoms with Gasteiger partial charge in [-0.1, -0.05) is 134 Å². The van der Waals surface area contributed by atoms with E-state index in [1.54, 1.807) is 5.57 Å². The Morgan fingerprint density at radius 2 is 1.40 bits per heavy atom. The molecule has 0 amide bonds. The lowest BCUT2D eigenvalue weighted by Crippen LogP contribution is -2.68. The zero-order valence-corrected chi connectivity index (χ0v) is 33.5. The van der Waals surface area contributed by atoms with Crippen LogP contribution in [-0.2, 0) is 8.85 Å². The van der Waals surface area contributed by atoms with Crippen LogP contribution < -0.4 is 10.4 Å². The lowest BCUT2D eigenvalue weighted by Gasteiger charge is -2.58. The van der Waals surface area contributed by atoms with Gasteiger partial charge in [0.05, 0.1) is 6.10 Å². The topological polar surface area (TPSA) is 38.7 Å². The van der Waals surface area contributed by atoms with Crippen molar-refractivity contribution >= 4 is 27.0 Å². The van der Waals surface area contributed by atoms with Gasteiger partial charge in [0.1, 0.15) is 6.10 Å². The third-order valence-electron chi connectivity index (χ3n) is 14.3. The van der Waals surface area contributed by atoms with E-state index in [0.717, 1.165) is 43.8 Å². The third-order valence-corrected chi connectivity index (χ3v) is 24.1. The van der Waals surface area contributed by atoms with Crippen LogP contribution in [0.2, 0.25) is 23.2 Å². The van der Waals surface area contributed by atoms with E-state index in [0.29, 0.717) is 17.8 Å². The summed E-state index contributed by atoms with van der Waals surface area (Å²) in [6, 6.07) is 25.7. The second-order valence-electron chi connectivity index (χ2n) is 17.3.